The third-order valence-electron chi connectivity index (χ3n) is 4.68. The molecule has 0 aliphatic rings. The molecule has 0 saturated heterocycles. The minimum Gasteiger partial charge on any atom is -0.463 e. The lowest BCUT2D eigenvalue weighted by Gasteiger charge is -2.29. The molecule has 0 radical (unpaired) electrons. The van der Waals surface area contributed by atoms with Gasteiger partial charge in [0.25, 0.3) is 0 Å². The van der Waals surface area contributed by atoms with Crippen LogP contribution in [0.1, 0.15) is 32.4 Å². The molecule has 0 spiro atoms. The van der Waals surface area contributed by atoms with Crippen LogP contribution in [0.15, 0.2) is 77.2 Å². The fourth-order valence-corrected chi connectivity index (χ4v) is 4.14. The molecule has 1 atom stereocenters. The summed E-state index contributed by atoms with van der Waals surface area (Å²) >= 11 is 0. The number of nitrogens with zero attached hydrogens (tertiary/aromatic N) is 1. The average Bonchev–Trinajstić information content (AvgIpc) is 2.74. The van der Waals surface area contributed by atoms with E-state index in [4.69, 9.17) is 4.74 Å². The zero-order chi connectivity index (χ0) is 22.1. The molecule has 0 fully saturated rings. The Bertz CT molecular complexity index is 985. The fraction of sp³-hybridized carbons (Fsp3) is 0.304. The van der Waals surface area contributed by atoms with E-state index in [1.807, 2.05) is 37.3 Å². The number of amides is 1. The minimum atomic E-state index is -3.79. The van der Waals surface area contributed by atoms with Gasteiger partial charge in [0, 0.05) is 12.1 Å². The predicted octanol–water partition coefficient (Wildman–Crippen LogP) is 3.56. The van der Waals surface area contributed by atoms with Crippen molar-refractivity contribution in [3.8, 4) is 0 Å². The molecule has 7 heteroatoms. The van der Waals surface area contributed by atoms with E-state index in [0.29, 0.717) is 5.57 Å². The summed E-state index contributed by atoms with van der Waals surface area (Å²) in [5, 5.41) is 0. The Morgan fingerprint density at radius 3 is 2.17 bits per heavy atom. The first kappa shape index (κ1) is 23.3. The Morgan fingerprint density at radius 1 is 1.03 bits per heavy atom. The molecule has 1 amide bonds. The number of sulfone groups is 1. The molecule has 2 aromatic rings. The molecular weight excluding hydrogens is 402 g/mol. The summed E-state index contributed by atoms with van der Waals surface area (Å²) in [6.07, 6.45) is 1.59. The normalized spacial score (nSPS) is 12.8. The van der Waals surface area contributed by atoms with E-state index in [9.17, 15) is 18.0 Å². The largest absolute Gasteiger partial charge is 0.463 e. The van der Waals surface area contributed by atoms with Gasteiger partial charge in [-0.3, -0.25) is 4.79 Å². The van der Waals surface area contributed by atoms with Gasteiger partial charge < -0.3 is 9.64 Å². The maximum atomic E-state index is 13.1. The third kappa shape index (κ3) is 6.29. The van der Waals surface area contributed by atoms with Crippen molar-refractivity contribution in [2.75, 3.05) is 18.9 Å². The zero-order valence-electron chi connectivity index (χ0n) is 17.4. The second-order valence-corrected chi connectivity index (χ2v) is 8.80. The highest BCUT2D eigenvalue weighted by molar-refractivity contribution is 7.92. The average molecular weight is 430 g/mol. The standard InChI is InChI=1S/C23H27NO5S/c1-4-29-23(26)18(2)15-16-24(19(3)20-11-7-5-8-12-20)22(25)17-30(27,28)21-13-9-6-10-14-21/h5-15,19H,4,16-17H2,1-3H3/b18-15+/t19-/m1/s1. The molecule has 0 N–H and O–H groups in total. The van der Waals surface area contributed by atoms with Gasteiger partial charge in [0.05, 0.1) is 17.5 Å². The molecular formula is C23H27NO5S. The molecule has 0 bridgehead atoms. The van der Waals surface area contributed by atoms with Crippen LogP contribution in [0.25, 0.3) is 0 Å². The third-order valence-corrected chi connectivity index (χ3v) is 6.29. The molecule has 6 nitrogen and oxygen atoms in total. The van der Waals surface area contributed by atoms with Crippen LogP contribution >= 0.6 is 0 Å². The molecule has 30 heavy (non-hydrogen) atoms. The molecule has 0 aromatic heterocycles. The van der Waals surface area contributed by atoms with E-state index < -0.39 is 27.5 Å². The predicted molar refractivity (Wildman–Crippen MR) is 115 cm³/mol. The van der Waals surface area contributed by atoms with Crippen LogP contribution in [0, 0.1) is 0 Å². The van der Waals surface area contributed by atoms with E-state index in [0.717, 1.165) is 5.56 Å². The number of rotatable bonds is 9. The van der Waals surface area contributed by atoms with Gasteiger partial charge in [-0.05, 0) is 38.5 Å². The Morgan fingerprint density at radius 2 is 1.60 bits per heavy atom. The number of esters is 1. The van der Waals surface area contributed by atoms with Gasteiger partial charge >= 0.3 is 5.97 Å². The Balaban J connectivity index is 2.29. The maximum Gasteiger partial charge on any atom is 0.333 e. The summed E-state index contributed by atoms with van der Waals surface area (Å²) in [5.74, 6) is -1.65. The van der Waals surface area contributed by atoms with Crippen molar-refractivity contribution in [2.45, 2.75) is 31.7 Å². The van der Waals surface area contributed by atoms with Crippen LogP contribution in [-0.4, -0.2) is 44.1 Å². The summed E-state index contributed by atoms with van der Waals surface area (Å²) in [5.41, 5.74) is 1.23. The van der Waals surface area contributed by atoms with E-state index >= 15 is 0 Å². The summed E-state index contributed by atoms with van der Waals surface area (Å²) < 4.78 is 30.4. The first-order valence-electron chi connectivity index (χ1n) is 9.72. The van der Waals surface area contributed by atoms with E-state index in [2.05, 4.69) is 0 Å². The first-order chi connectivity index (χ1) is 14.3. The molecule has 0 heterocycles. The monoisotopic (exact) mass is 429 g/mol. The number of hydrogen-bond acceptors (Lipinski definition) is 5. The number of hydrogen-bond donors (Lipinski definition) is 0. The molecule has 0 saturated carbocycles. The topological polar surface area (TPSA) is 80.8 Å². The van der Waals surface area contributed by atoms with Crippen LogP contribution in [0.4, 0.5) is 0 Å². The van der Waals surface area contributed by atoms with Crippen LogP contribution in [0.3, 0.4) is 0 Å². The van der Waals surface area contributed by atoms with Crippen molar-refractivity contribution in [1.29, 1.82) is 0 Å². The van der Waals surface area contributed by atoms with Gasteiger partial charge in [-0.2, -0.15) is 0 Å². The quantitative estimate of drug-likeness (QED) is 0.450. The Hall–Kier alpha value is -2.93. The van der Waals surface area contributed by atoms with Crippen LogP contribution in [0.5, 0.6) is 0 Å². The van der Waals surface area contributed by atoms with E-state index in [1.165, 1.54) is 17.0 Å². The second-order valence-electron chi connectivity index (χ2n) is 6.81. The molecule has 2 rings (SSSR count). The summed E-state index contributed by atoms with van der Waals surface area (Å²) in [6, 6.07) is 16.8. The summed E-state index contributed by atoms with van der Waals surface area (Å²) in [6.45, 7) is 5.49. The Kier molecular flexibility index (Phi) is 8.35. The molecule has 0 unspecified atom stereocenters. The lowest BCUT2D eigenvalue weighted by atomic mass is 10.1. The van der Waals surface area contributed by atoms with Crippen LogP contribution in [-0.2, 0) is 24.2 Å². The van der Waals surface area contributed by atoms with Gasteiger partial charge in [0.2, 0.25) is 5.91 Å². The van der Waals surface area contributed by atoms with Crippen molar-refractivity contribution < 1.29 is 22.7 Å². The summed E-state index contributed by atoms with van der Waals surface area (Å²) in [7, 11) is -3.79. The zero-order valence-corrected chi connectivity index (χ0v) is 18.3. The second kappa shape index (κ2) is 10.7. The Labute approximate surface area is 178 Å². The van der Waals surface area contributed by atoms with E-state index in [-0.39, 0.29) is 24.1 Å². The van der Waals surface area contributed by atoms with E-state index in [1.54, 1.807) is 38.1 Å². The number of carbonyl (C=O) groups excluding carboxylic acids is 2. The number of ether oxygens (including phenoxy) is 1. The molecule has 0 aliphatic carbocycles. The fourth-order valence-electron chi connectivity index (χ4n) is 2.91. The van der Waals surface area contributed by atoms with Gasteiger partial charge in [0.15, 0.2) is 9.84 Å². The van der Waals surface area contributed by atoms with Crippen LogP contribution < -0.4 is 0 Å². The van der Waals surface area contributed by atoms with Crippen molar-refractivity contribution in [2.24, 2.45) is 0 Å². The van der Waals surface area contributed by atoms with Gasteiger partial charge in [-0.1, -0.05) is 54.6 Å². The van der Waals surface area contributed by atoms with Crippen molar-refractivity contribution >= 4 is 21.7 Å². The number of benzene rings is 2. The molecule has 160 valence electrons. The lowest BCUT2D eigenvalue weighted by molar-refractivity contribution is -0.138. The maximum absolute atomic E-state index is 13.1. The van der Waals surface area contributed by atoms with Gasteiger partial charge in [0.1, 0.15) is 5.75 Å². The van der Waals surface area contributed by atoms with Gasteiger partial charge in [-0.25, -0.2) is 13.2 Å². The highest BCUT2D eigenvalue weighted by Crippen LogP contribution is 2.22. The smallest absolute Gasteiger partial charge is 0.333 e. The van der Waals surface area contributed by atoms with Crippen molar-refractivity contribution in [1.82, 2.24) is 4.90 Å². The SMILES string of the molecule is CCOC(=O)/C(C)=C/CN(C(=O)CS(=O)(=O)c1ccccc1)[C@H](C)c1ccccc1. The summed E-state index contributed by atoms with van der Waals surface area (Å²) in [4.78, 5) is 26.5. The van der Waals surface area contributed by atoms with Crippen molar-refractivity contribution in [3.05, 3.63) is 77.9 Å². The highest BCUT2D eigenvalue weighted by Gasteiger charge is 2.27. The van der Waals surface area contributed by atoms with Crippen LogP contribution in [0.2, 0.25) is 0 Å². The minimum absolute atomic E-state index is 0.0872. The molecule has 2 aromatic carbocycles. The molecule has 0 aliphatic heterocycles. The highest BCUT2D eigenvalue weighted by atomic mass is 32.2. The number of carbonyl (C=O) groups is 2. The van der Waals surface area contributed by atoms with Crippen molar-refractivity contribution in [3.63, 3.8) is 0 Å². The lowest BCUT2D eigenvalue weighted by Crippen LogP contribution is -2.38. The first-order valence-corrected chi connectivity index (χ1v) is 11.4. The van der Waals surface area contributed by atoms with Gasteiger partial charge in [-0.15, -0.1) is 0 Å².